The molecule has 4 rings (SSSR count). The first kappa shape index (κ1) is 15.9. The number of benzene rings is 1. The average Bonchev–Trinajstić information content (AvgIpc) is 3.14. The van der Waals surface area contributed by atoms with E-state index in [2.05, 4.69) is 40.6 Å². The highest BCUT2D eigenvalue weighted by Gasteiger charge is 2.32. The number of aromatic nitrogens is 5. The SMILES string of the molecule is COc1ccc(-n2nnc(-n3ccnc3C3CC3)c2C(C)(C)C)cc1. The molecule has 25 heavy (non-hydrogen) atoms. The predicted molar refractivity (Wildman–Crippen MR) is 95.7 cm³/mol. The van der Waals surface area contributed by atoms with E-state index in [4.69, 9.17) is 4.74 Å². The minimum atomic E-state index is -0.121. The van der Waals surface area contributed by atoms with Gasteiger partial charge in [-0.1, -0.05) is 26.0 Å². The fourth-order valence-electron chi connectivity index (χ4n) is 3.13. The van der Waals surface area contributed by atoms with Gasteiger partial charge in [-0.25, -0.2) is 9.67 Å². The second-order valence-corrected chi connectivity index (χ2v) is 7.55. The molecule has 3 aromatic rings. The van der Waals surface area contributed by atoms with Crippen LogP contribution in [0.25, 0.3) is 11.5 Å². The van der Waals surface area contributed by atoms with Crippen LogP contribution in [0.4, 0.5) is 0 Å². The van der Waals surface area contributed by atoms with Gasteiger partial charge in [-0.15, -0.1) is 5.10 Å². The zero-order valence-corrected chi connectivity index (χ0v) is 15.1. The molecule has 0 N–H and O–H groups in total. The Morgan fingerprint density at radius 2 is 1.84 bits per heavy atom. The van der Waals surface area contributed by atoms with Crippen molar-refractivity contribution in [2.24, 2.45) is 0 Å². The molecule has 0 bridgehead atoms. The molecule has 1 aliphatic carbocycles. The van der Waals surface area contributed by atoms with Crippen LogP contribution in [0.2, 0.25) is 0 Å². The van der Waals surface area contributed by atoms with Gasteiger partial charge < -0.3 is 4.74 Å². The summed E-state index contributed by atoms with van der Waals surface area (Å²) in [6, 6.07) is 7.89. The maximum atomic E-state index is 5.26. The van der Waals surface area contributed by atoms with Crippen LogP contribution < -0.4 is 4.74 Å². The standard InChI is InChI=1S/C19H23N5O/c1-19(2,3)16-18(23-12-11-20-17(23)13-5-6-13)21-22-24(16)14-7-9-15(25-4)10-8-14/h7-13H,5-6H2,1-4H3. The lowest BCUT2D eigenvalue weighted by Crippen LogP contribution is -2.20. The van der Waals surface area contributed by atoms with E-state index < -0.39 is 0 Å². The van der Waals surface area contributed by atoms with Crippen LogP contribution in [0.1, 0.15) is 51.0 Å². The van der Waals surface area contributed by atoms with Gasteiger partial charge in [-0.2, -0.15) is 0 Å². The lowest BCUT2D eigenvalue weighted by Gasteiger charge is -2.22. The van der Waals surface area contributed by atoms with Gasteiger partial charge in [-0.05, 0) is 37.1 Å². The molecule has 1 fully saturated rings. The highest BCUT2D eigenvalue weighted by molar-refractivity contribution is 5.44. The molecule has 0 amide bonds. The average molecular weight is 337 g/mol. The Morgan fingerprint density at radius 3 is 2.44 bits per heavy atom. The van der Waals surface area contributed by atoms with Crippen LogP contribution in [-0.4, -0.2) is 31.7 Å². The largest absolute Gasteiger partial charge is 0.497 e. The summed E-state index contributed by atoms with van der Waals surface area (Å²) in [5, 5.41) is 8.98. The highest BCUT2D eigenvalue weighted by Crippen LogP contribution is 2.40. The first-order chi connectivity index (χ1) is 12.0. The molecule has 0 spiro atoms. The summed E-state index contributed by atoms with van der Waals surface area (Å²) in [6.07, 6.45) is 6.25. The molecule has 2 aromatic heterocycles. The molecule has 130 valence electrons. The Morgan fingerprint density at radius 1 is 1.12 bits per heavy atom. The van der Waals surface area contributed by atoms with E-state index in [9.17, 15) is 0 Å². The Labute approximate surface area is 147 Å². The van der Waals surface area contributed by atoms with Crippen molar-refractivity contribution >= 4 is 0 Å². The molecule has 0 aliphatic heterocycles. The zero-order valence-electron chi connectivity index (χ0n) is 15.1. The minimum absolute atomic E-state index is 0.121. The fraction of sp³-hybridized carbons (Fsp3) is 0.421. The van der Waals surface area contributed by atoms with Gasteiger partial charge in [0.15, 0.2) is 5.82 Å². The van der Waals surface area contributed by atoms with Crippen molar-refractivity contribution in [2.45, 2.75) is 44.9 Å². The Bertz CT molecular complexity index is 881. The van der Waals surface area contributed by atoms with Gasteiger partial charge >= 0.3 is 0 Å². The third kappa shape index (κ3) is 2.81. The molecule has 2 heterocycles. The number of nitrogens with zero attached hydrogens (tertiary/aromatic N) is 5. The predicted octanol–water partition coefficient (Wildman–Crippen LogP) is 3.64. The number of hydrogen-bond acceptors (Lipinski definition) is 4. The quantitative estimate of drug-likeness (QED) is 0.729. The summed E-state index contributed by atoms with van der Waals surface area (Å²) in [7, 11) is 1.67. The maximum absolute atomic E-state index is 5.26. The molecular formula is C19H23N5O. The highest BCUT2D eigenvalue weighted by atomic mass is 16.5. The third-order valence-corrected chi connectivity index (χ3v) is 4.52. The van der Waals surface area contributed by atoms with Gasteiger partial charge in [0.2, 0.25) is 0 Å². The van der Waals surface area contributed by atoms with Gasteiger partial charge in [-0.3, -0.25) is 4.57 Å². The monoisotopic (exact) mass is 337 g/mol. The zero-order chi connectivity index (χ0) is 17.6. The Kier molecular flexibility index (Phi) is 3.63. The number of rotatable bonds is 4. The van der Waals surface area contributed by atoms with E-state index in [1.807, 2.05) is 41.3 Å². The fourth-order valence-corrected chi connectivity index (χ4v) is 3.13. The minimum Gasteiger partial charge on any atom is -0.497 e. The number of ether oxygens (including phenoxy) is 1. The summed E-state index contributed by atoms with van der Waals surface area (Å²) >= 11 is 0. The molecule has 0 atom stereocenters. The molecular weight excluding hydrogens is 314 g/mol. The first-order valence-corrected chi connectivity index (χ1v) is 8.63. The van der Waals surface area contributed by atoms with Crippen LogP contribution in [0.3, 0.4) is 0 Å². The van der Waals surface area contributed by atoms with Crippen molar-refractivity contribution in [3.63, 3.8) is 0 Å². The summed E-state index contributed by atoms with van der Waals surface area (Å²) in [5.41, 5.74) is 1.92. The van der Waals surface area contributed by atoms with Crippen molar-refractivity contribution in [3.8, 4) is 17.3 Å². The number of imidazole rings is 1. The maximum Gasteiger partial charge on any atom is 0.184 e. The molecule has 6 heteroatoms. The van der Waals surface area contributed by atoms with E-state index in [1.165, 1.54) is 12.8 Å². The van der Waals surface area contributed by atoms with E-state index >= 15 is 0 Å². The van der Waals surface area contributed by atoms with Crippen molar-refractivity contribution in [1.82, 2.24) is 24.5 Å². The molecule has 0 saturated heterocycles. The lowest BCUT2D eigenvalue weighted by atomic mass is 9.91. The lowest BCUT2D eigenvalue weighted by molar-refractivity contribution is 0.414. The van der Waals surface area contributed by atoms with E-state index in [0.29, 0.717) is 5.92 Å². The smallest absolute Gasteiger partial charge is 0.184 e. The van der Waals surface area contributed by atoms with Crippen molar-refractivity contribution in [2.75, 3.05) is 7.11 Å². The number of methoxy groups -OCH3 is 1. The molecule has 0 unspecified atom stereocenters. The van der Waals surface area contributed by atoms with Crippen LogP contribution in [-0.2, 0) is 5.41 Å². The van der Waals surface area contributed by atoms with Crippen molar-refractivity contribution in [3.05, 3.63) is 48.2 Å². The Balaban J connectivity index is 1.86. The van der Waals surface area contributed by atoms with Gasteiger partial charge in [0.05, 0.1) is 18.5 Å². The normalized spacial score (nSPS) is 14.7. The van der Waals surface area contributed by atoms with Crippen molar-refractivity contribution in [1.29, 1.82) is 0 Å². The molecule has 1 aliphatic rings. The molecule has 0 radical (unpaired) electrons. The third-order valence-electron chi connectivity index (χ3n) is 4.52. The van der Waals surface area contributed by atoms with Crippen LogP contribution in [0, 0.1) is 0 Å². The molecule has 6 nitrogen and oxygen atoms in total. The Hall–Kier alpha value is -2.63. The van der Waals surface area contributed by atoms with E-state index in [0.717, 1.165) is 28.8 Å². The van der Waals surface area contributed by atoms with Gasteiger partial charge in [0, 0.05) is 23.7 Å². The topological polar surface area (TPSA) is 57.8 Å². The summed E-state index contributed by atoms with van der Waals surface area (Å²) in [5.74, 6) is 3.33. The van der Waals surface area contributed by atoms with Crippen molar-refractivity contribution < 1.29 is 4.74 Å². The first-order valence-electron chi connectivity index (χ1n) is 8.63. The van der Waals surface area contributed by atoms with E-state index in [-0.39, 0.29) is 5.41 Å². The van der Waals surface area contributed by atoms with Crippen LogP contribution in [0.15, 0.2) is 36.7 Å². The summed E-state index contributed by atoms with van der Waals surface area (Å²) < 4.78 is 9.28. The van der Waals surface area contributed by atoms with Gasteiger partial charge in [0.1, 0.15) is 11.6 Å². The summed E-state index contributed by atoms with van der Waals surface area (Å²) in [6.45, 7) is 6.55. The molecule has 1 saturated carbocycles. The van der Waals surface area contributed by atoms with Gasteiger partial charge in [0.25, 0.3) is 0 Å². The van der Waals surface area contributed by atoms with E-state index in [1.54, 1.807) is 7.11 Å². The van der Waals surface area contributed by atoms with Crippen LogP contribution >= 0.6 is 0 Å². The summed E-state index contributed by atoms with van der Waals surface area (Å²) in [4.78, 5) is 4.55. The second-order valence-electron chi connectivity index (χ2n) is 7.55. The second kappa shape index (κ2) is 5.72. The van der Waals surface area contributed by atoms with Crippen LogP contribution in [0.5, 0.6) is 5.75 Å². The number of hydrogen-bond donors (Lipinski definition) is 0. The molecule has 1 aromatic carbocycles.